The Morgan fingerprint density at radius 3 is 2.67 bits per heavy atom. The predicted octanol–water partition coefficient (Wildman–Crippen LogP) is 0.0768. The lowest BCUT2D eigenvalue weighted by Crippen LogP contribution is -2.60. The summed E-state index contributed by atoms with van der Waals surface area (Å²) in [6, 6.07) is 0.298. The number of carbonyl (C=O) groups excluding carboxylic acids is 1. The first-order chi connectivity index (χ1) is 5.68. The Bertz CT molecular complexity index is 205. The van der Waals surface area contributed by atoms with Crippen LogP contribution in [0.25, 0.3) is 0 Å². The number of piperidine rings is 2. The highest BCUT2D eigenvalue weighted by molar-refractivity contribution is 5.82. The van der Waals surface area contributed by atoms with Crippen molar-refractivity contribution in [1.82, 2.24) is 5.32 Å². The van der Waals surface area contributed by atoms with Crippen LogP contribution in [0.4, 0.5) is 0 Å². The van der Waals surface area contributed by atoms with E-state index in [1.165, 1.54) is 0 Å². The molecule has 0 amide bonds. The summed E-state index contributed by atoms with van der Waals surface area (Å²) in [7, 11) is 0. The molecule has 68 valence electrons. The van der Waals surface area contributed by atoms with E-state index < -0.39 is 0 Å². The van der Waals surface area contributed by atoms with Crippen LogP contribution in [0.1, 0.15) is 26.2 Å². The molecule has 0 radical (unpaired) electrons. The average Bonchev–Trinajstić information content (AvgIpc) is 2.04. The first-order valence-corrected chi connectivity index (χ1v) is 4.63. The number of rotatable bonds is 1. The van der Waals surface area contributed by atoms with E-state index in [0.717, 1.165) is 19.3 Å². The minimum absolute atomic E-state index is 0.0764. The van der Waals surface area contributed by atoms with E-state index in [0.29, 0.717) is 6.04 Å². The summed E-state index contributed by atoms with van der Waals surface area (Å²) in [5.74, 6) is 0.343. The summed E-state index contributed by atoms with van der Waals surface area (Å²) in [6.07, 6.45) is 2.70. The lowest BCUT2D eigenvalue weighted by Gasteiger charge is -2.45. The van der Waals surface area contributed by atoms with Crippen LogP contribution in [0.15, 0.2) is 0 Å². The third-order valence-corrected chi connectivity index (χ3v) is 3.15. The molecule has 0 unspecified atom stereocenters. The maximum absolute atomic E-state index is 11.2. The molecule has 1 saturated carbocycles. The predicted molar refractivity (Wildman–Crippen MR) is 44.7 cm³/mol. The second-order valence-corrected chi connectivity index (χ2v) is 4.00. The Kier molecular flexibility index (Phi) is 1.93. The van der Waals surface area contributed by atoms with Crippen molar-refractivity contribution in [2.24, 2.45) is 5.92 Å². The number of carbonyl (C=O) groups is 1. The Balaban J connectivity index is 2.14. The molecule has 1 aliphatic carbocycles. The molecule has 0 aromatic carbocycles. The van der Waals surface area contributed by atoms with E-state index >= 15 is 0 Å². The first kappa shape index (κ1) is 8.20. The molecule has 2 N–H and O–H groups in total. The summed E-state index contributed by atoms with van der Waals surface area (Å²) >= 11 is 0. The Labute approximate surface area is 72.2 Å². The molecule has 3 rings (SSSR count). The van der Waals surface area contributed by atoms with Crippen LogP contribution < -0.4 is 5.32 Å². The Morgan fingerprint density at radius 1 is 1.50 bits per heavy atom. The molecular weight excluding hydrogens is 154 g/mol. The first-order valence-electron chi connectivity index (χ1n) is 4.63. The minimum atomic E-state index is -0.251. The lowest BCUT2D eigenvalue weighted by atomic mass is 9.73. The van der Waals surface area contributed by atoms with Gasteiger partial charge in [0.2, 0.25) is 0 Å². The van der Waals surface area contributed by atoms with Gasteiger partial charge in [-0.25, -0.2) is 0 Å². The second-order valence-electron chi connectivity index (χ2n) is 4.00. The third-order valence-electron chi connectivity index (χ3n) is 3.15. The van der Waals surface area contributed by atoms with Crippen LogP contribution >= 0.6 is 0 Å². The van der Waals surface area contributed by atoms with E-state index in [-0.39, 0.29) is 23.8 Å². The Hall–Kier alpha value is -0.410. The number of hydrogen-bond donors (Lipinski definition) is 2. The molecule has 12 heavy (non-hydrogen) atoms. The summed E-state index contributed by atoms with van der Waals surface area (Å²) in [5.41, 5.74) is 0. The molecular formula is C9H15NO2. The molecule has 0 spiro atoms. The van der Waals surface area contributed by atoms with Gasteiger partial charge in [0.25, 0.3) is 0 Å². The summed E-state index contributed by atoms with van der Waals surface area (Å²) in [6.45, 7) is 1.60. The molecule has 2 aliphatic heterocycles. The van der Waals surface area contributed by atoms with Crippen LogP contribution in [0, 0.1) is 5.92 Å². The van der Waals surface area contributed by atoms with Gasteiger partial charge >= 0.3 is 0 Å². The van der Waals surface area contributed by atoms with Crippen molar-refractivity contribution in [1.29, 1.82) is 0 Å². The highest BCUT2D eigenvalue weighted by Gasteiger charge is 2.42. The van der Waals surface area contributed by atoms with Crippen LogP contribution in [0.2, 0.25) is 0 Å². The van der Waals surface area contributed by atoms with Crippen molar-refractivity contribution in [3.8, 4) is 0 Å². The fourth-order valence-electron chi connectivity index (χ4n) is 2.51. The summed E-state index contributed by atoms with van der Waals surface area (Å²) < 4.78 is 0. The number of aliphatic hydroxyl groups is 1. The van der Waals surface area contributed by atoms with Crippen LogP contribution in [0.5, 0.6) is 0 Å². The van der Waals surface area contributed by atoms with Crippen LogP contribution in [-0.4, -0.2) is 29.1 Å². The summed E-state index contributed by atoms with van der Waals surface area (Å²) in [5, 5.41) is 12.9. The highest BCUT2D eigenvalue weighted by atomic mass is 16.3. The smallest absolute Gasteiger partial charge is 0.147 e. The molecule has 2 heterocycles. The number of Topliss-reactive ketones (excluding diaryl/α,β-unsaturated/α-hetero) is 1. The fourth-order valence-corrected chi connectivity index (χ4v) is 2.51. The highest BCUT2D eigenvalue weighted by Crippen LogP contribution is 2.33. The number of aliphatic hydroxyl groups excluding tert-OH is 1. The van der Waals surface area contributed by atoms with Gasteiger partial charge in [-0.05, 0) is 26.2 Å². The molecule has 3 nitrogen and oxygen atoms in total. The van der Waals surface area contributed by atoms with E-state index in [9.17, 15) is 9.90 Å². The molecule has 0 aromatic heterocycles. The fraction of sp³-hybridized carbons (Fsp3) is 0.889. The molecule has 0 aromatic rings. The zero-order valence-electron chi connectivity index (χ0n) is 7.29. The monoisotopic (exact) mass is 169 g/mol. The second kappa shape index (κ2) is 2.82. The van der Waals surface area contributed by atoms with E-state index in [2.05, 4.69) is 5.32 Å². The zero-order chi connectivity index (χ0) is 8.72. The van der Waals surface area contributed by atoms with Crippen LogP contribution in [-0.2, 0) is 4.79 Å². The van der Waals surface area contributed by atoms with Crippen molar-refractivity contribution < 1.29 is 9.90 Å². The normalized spacial score (nSPS) is 46.2. The van der Waals surface area contributed by atoms with Crippen molar-refractivity contribution in [2.75, 3.05) is 0 Å². The summed E-state index contributed by atoms with van der Waals surface area (Å²) in [4.78, 5) is 11.2. The van der Waals surface area contributed by atoms with Gasteiger partial charge in [0.1, 0.15) is 5.78 Å². The molecule has 3 fully saturated rings. The number of hydrogen-bond acceptors (Lipinski definition) is 3. The standard InChI is InChI=1S/C9H15NO2/c1-5(11)9-7-3-2-6(10-9)4-8(7)12/h6-10,12H,2-4H2,1H3/t6-,7+,8-,9+/m0/s1. The van der Waals surface area contributed by atoms with Crippen molar-refractivity contribution in [3.63, 3.8) is 0 Å². The molecule has 3 aliphatic rings. The average molecular weight is 169 g/mol. The van der Waals surface area contributed by atoms with Gasteiger partial charge in [0, 0.05) is 12.0 Å². The zero-order valence-corrected chi connectivity index (χ0v) is 7.29. The van der Waals surface area contributed by atoms with Crippen molar-refractivity contribution in [3.05, 3.63) is 0 Å². The number of ketones is 1. The molecule has 4 atom stereocenters. The molecule has 2 saturated heterocycles. The minimum Gasteiger partial charge on any atom is -0.393 e. The lowest BCUT2D eigenvalue weighted by molar-refractivity contribution is -0.125. The van der Waals surface area contributed by atoms with Gasteiger partial charge in [-0.3, -0.25) is 4.79 Å². The topological polar surface area (TPSA) is 49.3 Å². The quantitative estimate of drug-likeness (QED) is 0.584. The van der Waals surface area contributed by atoms with Gasteiger partial charge in [-0.15, -0.1) is 0 Å². The molecule has 3 heteroatoms. The SMILES string of the molecule is CC(=O)[C@H]1N[C@H]2CC[C@@H]1[C@@H](O)C2. The maximum Gasteiger partial charge on any atom is 0.147 e. The third kappa shape index (κ3) is 1.17. The van der Waals surface area contributed by atoms with E-state index in [1.807, 2.05) is 0 Å². The van der Waals surface area contributed by atoms with Crippen LogP contribution in [0.3, 0.4) is 0 Å². The van der Waals surface area contributed by atoms with Gasteiger partial charge in [-0.2, -0.15) is 0 Å². The van der Waals surface area contributed by atoms with Gasteiger partial charge in [0.05, 0.1) is 12.1 Å². The number of nitrogens with one attached hydrogen (secondary N) is 1. The van der Waals surface area contributed by atoms with Gasteiger partial charge in [-0.1, -0.05) is 0 Å². The largest absolute Gasteiger partial charge is 0.393 e. The Morgan fingerprint density at radius 2 is 2.25 bits per heavy atom. The van der Waals surface area contributed by atoms with E-state index in [4.69, 9.17) is 0 Å². The van der Waals surface area contributed by atoms with E-state index in [1.54, 1.807) is 6.92 Å². The van der Waals surface area contributed by atoms with Crippen molar-refractivity contribution >= 4 is 5.78 Å². The maximum atomic E-state index is 11.2. The van der Waals surface area contributed by atoms with Gasteiger partial charge < -0.3 is 10.4 Å². The van der Waals surface area contributed by atoms with Crippen molar-refractivity contribution in [2.45, 2.75) is 44.4 Å². The van der Waals surface area contributed by atoms with Gasteiger partial charge in [0.15, 0.2) is 0 Å². The molecule has 2 bridgehead atoms. The number of fused-ring (bicyclic) bond motifs is 3.